The van der Waals surface area contributed by atoms with Crippen LogP contribution in [-0.4, -0.2) is 26.2 Å². The van der Waals surface area contributed by atoms with E-state index in [4.69, 9.17) is 27.9 Å². The minimum atomic E-state index is -0.564. The molecule has 186 valence electrons. The topological polar surface area (TPSA) is 83.1 Å². The summed E-state index contributed by atoms with van der Waals surface area (Å²) in [5.41, 5.74) is 4.68. The van der Waals surface area contributed by atoms with E-state index in [1.807, 2.05) is 48.7 Å². The fraction of sp³-hybridized carbons (Fsp3) is 0.231. The molecule has 0 fully saturated rings. The summed E-state index contributed by atoms with van der Waals surface area (Å²) in [6.07, 6.45) is 0. The Hall–Kier alpha value is -3.07. The number of rotatable bonds is 9. The molecule has 36 heavy (non-hydrogen) atoms. The number of hydrogen-bond donors (Lipinski definition) is 0. The lowest BCUT2D eigenvalue weighted by Crippen LogP contribution is -2.12. The number of aromatic nitrogens is 3. The molecule has 7 nitrogen and oxygen atoms in total. The van der Waals surface area contributed by atoms with Crippen LogP contribution in [0.5, 0.6) is 5.75 Å². The zero-order valence-electron chi connectivity index (χ0n) is 19.9. The standard InChI is InChI=1S/C26H24Cl2N4O3S/c1-16-8-11-21(12-17(16)2)32-18(3)29-30-26(32)36-25(14-31(33)34)22-6-4-5-7-24(22)35-15-19-9-10-20(27)13-23(19)28/h4-13,25H,14-15H2,1-3H3/t25-/m1/s1. The number of para-hydroxylation sites is 1. The molecule has 0 N–H and O–H groups in total. The molecule has 0 unspecified atom stereocenters. The third kappa shape index (κ3) is 6.00. The Bertz CT molecular complexity index is 1410. The van der Waals surface area contributed by atoms with Crippen LogP contribution < -0.4 is 4.74 Å². The van der Waals surface area contributed by atoms with E-state index in [1.165, 1.54) is 17.3 Å². The van der Waals surface area contributed by atoms with Gasteiger partial charge in [-0.15, -0.1) is 10.2 Å². The first kappa shape index (κ1) is 26.0. The highest BCUT2D eigenvalue weighted by Gasteiger charge is 2.26. The SMILES string of the molecule is Cc1ccc(-n2c(C)nnc2S[C@H](C[N+](=O)[O-])c2ccccc2OCc2ccc(Cl)cc2Cl)cc1C. The molecule has 4 rings (SSSR count). The molecule has 0 aliphatic rings. The molecule has 0 amide bonds. The van der Waals surface area contributed by atoms with Crippen LogP contribution in [0.25, 0.3) is 5.69 Å². The predicted molar refractivity (Wildman–Crippen MR) is 143 cm³/mol. The summed E-state index contributed by atoms with van der Waals surface area (Å²) in [7, 11) is 0. The summed E-state index contributed by atoms with van der Waals surface area (Å²) in [6.45, 7) is 5.84. The summed E-state index contributed by atoms with van der Waals surface area (Å²) in [5.74, 6) is 1.24. The van der Waals surface area contributed by atoms with E-state index in [1.54, 1.807) is 24.3 Å². The maximum atomic E-state index is 11.7. The number of nitrogens with zero attached hydrogens (tertiary/aromatic N) is 4. The predicted octanol–water partition coefficient (Wildman–Crippen LogP) is 7.19. The fourth-order valence-electron chi connectivity index (χ4n) is 3.72. The average Bonchev–Trinajstić information content (AvgIpc) is 3.19. The number of halogens is 2. The molecule has 0 saturated heterocycles. The van der Waals surface area contributed by atoms with E-state index < -0.39 is 5.25 Å². The van der Waals surface area contributed by atoms with Gasteiger partial charge in [0.15, 0.2) is 5.16 Å². The molecule has 0 aliphatic carbocycles. The largest absolute Gasteiger partial charge is 0.489 e. The quantitative estimate of drug-likeness (QED) is 0.126. The monoisotopic (exact) mass is 542 g/mol. The van der Waals surface area contributed by atoms with Gasteiger partial charge in [0.1, 0.15) is 23.4 Å². The van der Waals surface area contributed by atoms with Crippen molar-refractivity contribution in [2.24, 2.45) is 0 Å². The molecule has 3 aromatic carbocycles. The molecule has 0 radical (unpaired) electrons. The van der Waals surface area contributed by atoms with E-state index in [9.17, 15) is 10.1 Å². The van der Waals surface area contributed by atoms with Crippen LogP contribution in [0, 0.1) is 30.9 Å². The highest BCUT2D eigenvalue weighted by molar-refractivity contribution is 7.99. The zero-order chi connectivity index (χ0) is 25.8. The number of hydrogen-bond acceptors (Lipinski definition) is 6. The molecule has 0 saturated carbocycles. The van der Waals surface area contributed by atoms with Gasteiger partial charge < -0.3 is 4.74 Å². The zero-order valence-corrected chi connectivity index (χ0v) is 22.3. The van der Waals surface area contributed by atoms with E-state index in [-0.39, 0.29) is 18.1 Å². The van der Waals surface area contributed by atoms with Crippen LogP contribution in [0.2, 0.25) is 10.0 Å². The van der Waals surface area contributed by atoms with Crippen molar-refractivity contribution in [1.82, 2.24) is 14.8 Å². The van der Waals surface area contributed by atoms with Gasteiger partial charge in [0.25, 0.3) is 0 Å². The lowest BCUT2D eigenvalue weighted by molar-refractivity contribution is -0.479. The van der Waals surface area contributed by atoms with Crippen LogP contribution in [-0.2, 0) is 6.61 Å². The van der Waals surface area contributed by atoms with Crippen molar-refractivity contribution < 1.29 is 9.66 Å². The average molecular weight is 543 g/mol. The molecule has 1 aromatic heterocycles. The van der Waals surface area contributed by atoms with Gasteiger partial charge in [-0.2, -0.15) is 0 Å². The second-order valence-electron chi connectivity index (χ2n) is 8.32. The summed E-state index contributed by atoms with van der Waals surface area (Å²) in [6, 6.07) is 18.6. The third-order valence-electron chi connectivity index (χ3n) is 5.77. The van der Waals surface area contributed by atoms with Gasteiger partial charge in [-0.3, -0.25) is 14.7 Å². The van der Waals surface area contributed by atoms with Crippen molar-refractivity contribution in [3.05, 3.63) is 109 Å². The van der Waals surface area contributed by atoms with E-state index in [0.717, 1.165) is 16.8 Å². The molecule has 1 heterocycles. The maximum Gasteiger partial charge on any atom is 0.220 e. The Labute approximate surface area is 223 Å². The lowest BCUT2D eigenvalue weighted by Gasteiger charge is -2.18. The smallest absolute Gasteiger partial charge is 0.220 e. The van der Waals surface area contributed by atoms with Gasteiger partial charge in [-0.1, -0.05) is 65.3 Å². The summed E-state index contributed by atoms with van der Waals surface area (Å²) >= 11 is 13.6. The lowest BCUT2D eigenvalue weighted by atomic mass is 10.1. The number of benzene rings is 3. The molecule has 0 aliphatic heterocycles. The summed E-state index contributed by atoms with van der Waals surface area (Å²) < 4.78 is 8.00. The van der Waals surface area contributed by atoms with Crippen LogP contribution >= 0.6 is 35.0 Å². The normalized spacial score (nSPS) is 11.9. The summed E-state index contributed by atoms with van der Waals surface area (Å²) in [5, 5.41) is 21.3. The molecule has 0 spiro atoms. The van der Waals surface area contributed by atoms with Crippen molar-refractivity contribution in [3.63, 3.8) is 0 Å². The van der Waals surface area contributed by atoms with Crippen LogP contribution in [0.1, 0.15) is 33.3 Å². The first-order chi connectivity index (χ1) is 17.2. The van der Waals surface area contributed by atoms with Crippen molar-refractivity contribution in [2.45, 2.75) is 37.8 Å². The maximum absolute atomic E-state index is 11.7. The first-order valence-electron chi connectivity index (χ1n) is 11.2. The van der Waals surface area contributed by atoms with E-state index in [2.05, 4.69) is 23.2 Å². The van der Waals surface area contributed by atoms with Crippen molar-refractivity contribution in [3.8, 4) is 11.4 Å². The van der Waals surface area contributed by atoms with E-state index >= 15 is 0 Å². The van der Waals surface area contributed by atoms with Gasteiger partial charge in [0.05, 0.1) is 0 Å². The fourth-order valence-corrected chi connectivity index (χ4v) is 5.38. The van der Waals surface area contributed by atoms with Crippen LogP contribution in [0.4, 0.5) is 0 Å². The highest BCUT2D eigenvalue weighted by atomic mass is 35.5. The number of thioether (sulfide) groups is 1. The van der Waals surface area contributed by atoms with Crippen molar-refractivity contribution >= 4 is 35.0 Å². The molecule has 0 bridgehead atoms. The Morgan fingerprint density at radius 1 is 1.03 bits per heavy atom. The number of nitro groups is 1. The van der Waals surface area contributed by atoms with Gasteiger partial charge in [-0.05, 0) is 62.2 Å². The van der Waals surface area contributed by atoms with Crippen molar-refractivity contribution in [2.75, 3.05) is 6.54 Å². The Kier molecular flexibility index (Phi) is 8.18. The van der Waals surface area contributed by atoms with Crippen LogP contribution in [0.15, 0.2) is 65.8 Å². The molecule has 10 heteroatoms. The molecular formula is C26H24Cl2N4O3S. The summed E-state index contributed by atoms with van der Waals surface area (Å²) in [4.78, 5) is 11.3. The van der Waals surface area contributed by atoms with Gasteiger partial charge in [-0.25, -0.2) is 0 Å². The number of ether oxygens (including phenoxy) is 1. The van der Waals surface area contributed by atoms with Crippen LogP contribution in [0.3, 0.4) is 0 Å². The van der Waals surface area contributed by atoms with Gasteiger partial charge in [0, 0.05) is 31.8 Å². The number of aryl methyl sites for hydroxylation is 3. The molecular weight excluding hydrogens is 519 g/mol. The Balaban J connectivity index is 1.66. The van der Waals surface area contributed by atoms with Gasteiger partial charge >= 0.3 is 0 Å². The Morgan fingerprint density at radius 3 is 2.53 bits per heavy atom. The van der Waals surface area contributed by atoms with Gasteiger partial charge in [0.2, 0.25) is 6.54 Å². The third-order valence-corrected chi connectivity index (χ3v) is 7.52. The Morgan fingerprint density at radius 2 is 1.81 bits per heavy atom. The molecule has 4 aromatic rings. The second kappa shape index (κ2) is 11.3. The molecule has 1 atom stereocenters. The highest BCUT2D eigenvalue weighted by Crippen LogP contribution is 2.40. The van der Waals surface area contributed by atoms with E-state index in [0.29, 0.717) is 32.3 Å². The minimum absolute atomic E-state index is 0.195. The first-order valence-corrected chi connectivity index (χ1v) is 12.8. The minimum Gasteiger partial charge on any atom is -0.489 e. The van der Waals surface area contributed by atoms with Crippen molar-refractivity contribution in [1.29, 1.82) is 0 Å². The second-order valence-corrected chi connectivity index (χ2v) is 10.3.